The SMILES string of the molecule is CCN1CCN(S(=O)(=O)c2ccc(C)cc2)C[C@@]1(C#N)CO. The Balaban J connectivity index is 2.33. The van der Waals surface area contributed by atoms with E-state index < -0.39 is 22.2 Å². The molecule has 1 aromatic rings. The van der Waals surface area contributed by atoms with Crippen molar-refractivity contribution < 1.29 is 13.5 Å². The van der Waals surface area contributed by atoms with Crippen molar-refractivity contribution >= 4 is 10.0 Å². The first-order valence-electron chi connectivity index (χ1n) is 7.23. The van der Waals surface area contributed by atoms with Gasteiger partial charge >= 0.3 is 0 Å². The lowest BCUT2D eigenvalue weighted by Crippen LogP contribution is -2.64. The number of benzene rings is 1. The molecular formula is C15H21N3O3S. The predicted molar refractivity (Wildman–Crippen MR) is 82.6 cm³/mol. The number of hydrogen-bond donors (Lipinski definition) is 1. The average molecular weight is 323 g/mol. The van der Waals surface area contributed by atoms with Crippen LogP contribution in [-0.2, 0) is 10.0 Å². The van der Waals surface area contributed by atoms with Crippen molar-refractivity contribution in [2.75, 3.05) is 32.8 Å². The Kier molecular flexibility index (Phi) is 4.87. The Bertz CT molecular complexity index is 666. The molecule has 0 spiro atoms. The molecule has 1 saturated heterocycles. The van der Waals surface area contributed by atoms with Crippen LogP contribution in [0.25, 0.3) is 0 Å². The lowest BCUT2D eigenvalue weighted by Gasteiger charge is -2.44. The van der Waals surface area contributed by atoms with Crippen LogP contribution in [0.5, 0.6) is 0 Å². The molecule has 2 rings (SSSR count). The van der Waals surface area contributed by atoms with Gasteiger partial charge in [0.05, 0.1) is 17.6 Å². The van der Waals surface area contributed by atoms with Crippen LogP contribution in [0.15, 0.2) is 29.2 Å². The van der Waals surface area contributed by atoms with Crippen LogP contribution in [0.4, 0.5) is 0 Å². The number of sulfonamides is 1. The van der Waals surface area contributed by atoms with E-state index in [1.165, 1.54) is 4.31 Å². The smallest absolute Gasteiger partial charge is 0.243 e. The van der Waals surface area contributed by atoms with Crippen molar-refractivity contribution in [1.29, 1.82) is 5.26 Å². The largest absolute Gasteiger partial charge is 0.393 e. The number of hydrogen-bond acceptors (Lipinski definition) is 5. The van der Waals surface area contributed by atoms with E-state index in [0.717, 1.165) is 5.56 Å². The summed E-state index contributed by atoms with van der Waals surface area (Å²) in [6, 6.07) is 8.74. The summed E-state index contributed by atoms with van der Waals surface area (Å²) in [5.74, 6) is 0. The van der Waals surface area contributed by atoms with E-state index >= 15 is 0 Å². The summed E-state index contributed by atoms with van der Waals surface area (Å²) in [5.41, 5.74) is -0.193. The van der Waals surface area contributed by atoms with Crippen molar-refractivity contribution in [3.05, 3.63) is 29.8 Å². The molecule has 1 heterocycles. The summed E-state index contributed by atoms with van der Waals surface area (Å²) in [4.78, 5) is 2.04. The molecule has 0 unspecified atom stereocenters. The molecule has 0 radical (unpaired) electrons. The topological polar surface area (TPSA) is 84.6 Å². The molecule has 0 aliphatic carbocycles. The number of rotatable bonds is 4. The summed E-state index contributed by atoms with van der Waals surface area (Å²) in [6.07, 6.45) is 0. The van der Waals surface area contributed by atoms with E-state index in [4.69, 9.17) is 0 Å². The third kappa shape index (κ3) is 2.88. The van der Waals surface area contributed by atoms with Gasteiger partial charge in [-0.05, 0) is 25.6 Å². The zero-order valence-corrected chi connectivity index (χ0v) is 13.7. The summed E-state index contributed by atoms with van der Waals surface area (Å²) in [5, 5.41) is 19.1. The van der Waals surface area contributed by atoms with E-state index in [-0.39, 0.29) is 11.4 Å². The highest BCUT2D eigenvalue weighted by molar-refractivity contribution is 7.89. The molecule has 1 N–H and O–H groups in total. The monoisotopic (exact) mass is 323 g/mol. The summed E-state index contributed by atoms with van der Waals surface area (Å²) in [7, 11) is -3.66. The van der Waals surface area contributed by atoms with Crippen LogP contribution >= 0.6 is 0 Å². The molecule has 1 aliphatic rings. The highest BCUT2D eigenvalue weighted by Gasteiger charge is 2.44. The van der Waals surface area contributed by atoms with E-state index in [2.05, 4.69) is 6.07 Å². The van der Waals surface area contributed by atoms with Gasteiger partial charge in [-0.15, -0.1) is 0 Å². The third-order valence-corrected chi connectivity index (χ3v) is 6.03. The van der Waals surface area contributed by atoms with Gasteiger partial charge < -0.3 is 5.11 Å². The van der Waals surface area contributed by atoms with Crippen molar-refractivity contribution in [2.45, 2.75) is 24.3 Å². The fourth-order valence-electron chi connectivity index (χ4n) is 2.73. The Morgan fingerprint density at radius 1 is 1.32 bits per heavy atom. The molecule has 7 heteroatoms. The van der Waals surface area contributed by atoms with Crippen LogP contribution in [0.3, 0.4) is 0 Å². The number of likely N-dealkylation sites (N-methyl/N-ethyl adjacent to an activating group) is 1. The van der Waals surface area contributed by atoms with Crippen LogP contribution in [0.2, 0.25) is 0 Å². The number of aliphatic hydroxyl groups excluding tert-OH is 1. The minimum atomic E-state index is -3.66. The fourth-order valence-corrected chi connectivity index (χ4v) is 4.22. The second-order valence-corrected chi connectivity index (χ2v) is 7.47. The van der Waals surface area contributed by atoms with Gasteiger partial charge in [0.25, 0.3) is 0 Å². The maximum absolute atomic E-state index is 12.7. The summed E-state index contributed by atoms with van der Waals surface area (Å²) in [6.45, 7) is 4.70. The molecule has 120 valence electrons. The fraction of sp³-hybridized carbons (Fsp3) is 0.533. The Hall–Kier alpha value is -1.46. The molecule has 1 atom stereocenters. The van der Waals surface area contributed by atoms with E-state index in [0.29, 0.717) is 19.6 Å². The van der Waals surface area contributed by atoms with Crippen molar-refractivity contribution in [1.82, 2.24) is 9.21 Å². The second kappa shape index (κ2) is 6.34. The van der Waals surface area contributed by atoms with Crippen LogP contribution < -0.4 is 0 Å². The maximum atomic E-state index is 12.7. The Labute approximate surface area is 131 Å². The molecule has 1 aliphatic heterocycles. The maximum Gasteiger partial charge on any atom is 0.243 e. The van der Waals surface area contributed by atoms with Gasteiger partial charge in [-0.3, -0.25) is 4.90 Å². The van der Waals surface area contributed by atoms with Crippen molar-refractivity contribution in [3.8, 4) is 6.07 Å². The molecule has 0 amide bonds. The molecule has 0 bridgehead atoms. The van der Waals surface area contributed by atoms with Crippen LogP contribution in [0.1, 0.15) is 12.5 Å². The standard InChI is InChI=1S/C15H21N3O3S/c1-3-17-8-9-18(11-15(17,10-16)12-19)22(20,21)14-6-4-13(2)5-7-14/h4-7,19H,3,8-9,11-12H2,1-2H3/t15-/m0/s1. The highest BCUT2D eigenvalue weighted by Crippen LogP contribution is 2.26. The Morgan fingerprint density at radius 2 is 1.95 bits per heavy atom. The van der Waals surface area contributed by atoms with Gasteiger partial charge in [0.15, 0.2) is 0 Å². The van der Waals surface area contributed by atoms with Gasteiger partial charge in [0.2, 0.25) is 10.0 Å². The van der Waals surface area contributed by atoms with Gasteiger partial charge in [-0.1, -0.05) is 24.6 Å². The number of piperazine rings is 1. The van der Waals surface area contributed by atoms with Crippen molar-refractivity contribution in [3.63, 3.8) is 0 Å². The summed E-state index contributed by atoms with van der Waals surface area (Å²) < 4.78 is 26.8. The molecule has 0 aromatic heterocycles. The molecular weight excluding hydrogens is 302 g/mol. The zero-order valence-electron chi connectivity index (χ0n) is 12.9. The number of nitrogens with zero attached hydrogens (tertiary/aromatic N) is 3. The van der Waals surface area contributed by atoms with Gasteiger partial charge in [-0.25, -0.2) is 8.42 Å². The first-order chi connectivity index (χ1) is 10.4. The number of aryl methyl sites for hydroxylation is 1. The minimum Gasteiger partial charge on any atom is -0.393 e. The molecule has 22 heavy (non-hydrogen) atoms. The Morgan fingerprint density at radius 3 is 2.45 bits per heavy atom. The van der Waals surface area contributed by atoms with Gasteiger partial charge in [0.1, 0.15) is 5.54 Å². The van der Waals surface area contributed by atoms with E-state index in [9.17, 15) is 18.8 Å². The van der Waals surface area contributed by atoms with E-state index in [1.54, 1.807) is 24.3 Å². The number of nitriles is 1. The van der Waals surface area contributed by atoms with Crippen molar-refractivity contribution in [2.24, 2.45) is 0 Å². The lowest BCUT2D eigenvalue weighted by atomic mass is 9.98. The zero-order chi connectivity index (χ0) is 16.4. The lowest BCUT2D eigenvalue weighted by molar-refractivity contribution is 0.0276. The predicted octanol–water partition coefficient (Wildman–Crippen LogP) is 0.576. The quantitative estimate of drug-likeness (QED) is 0.876. The van der Waals surface area contributed by atoms with Crippen LogP contribution in [-0.4, -0.2) is 61.1 Å². The molecule has 6 nitrogen and oxygen atoms in total. The second-order valence-electron chi connectivity index (χ2n) is 5.53. The molecule has 0 saturated carbocycles. The minimum absolute atomic E-state index is 0.0238. The van der Waals surface area contributed by atoms with Gasteiger partial charge in [0, 0.05) is 19.6 Å². The summed E-state index contributed by atoms with van der Waals surface area (Å²) >= 11 is 0. The highest BCUT2D eigenvalue weighted by atomic mass is 32.2. The van der Waals surface area contributed by atoms with E-state index in [1.807, 2.05) is 18.7 Å². The first kappa shape index (κ1) is 16.9. The van der Waals surface area contributed by atoms with Crippen LogP contribution in [0, 0.1) is 18.3 Å². The average Bonchev–Trinajstić information content (AvgIpc) is 2.54. The first-order valence-corrected chi connectivity index (χ1v) is 8.67. The normalized spacial score (nSPS) is 24.1. The molecule has 1 aromatic carbocycles. The number of aliphatic hydroxyl groups is 1. The third-order valence-electron chi connectivity index (χ3n) is 4.17. The molecule has 1 fully saturated rings. The van der Waals surface area contributed by atoms with Gasteiger partial charge in [-0.2, -0.15) is 9.57 Å².